The Balaban J connectivity index is 2.49. The van der Waals surface area contributed by atoms with Gasteiger partial charge in [0.05, 0.1) is 11.8 Å². The summed E-state index contributed by atoms with van der Waals surface area (Å²) in [6, 6.07) is 6.12. The maximum Gasteiger partial charge on any atom is 0.137 e. The average molecular weight is 271 g/mol. The fraction of sp³-hybridized carbons (Fsp3) is 0.375. The number of aromatic nitrogens is 2. The summed E-state index contributed by atoms with van der Waals surface area (Å²) < 4.78 is 5.73. The van der Waals surface area contributed by atoms with Crippen molar-refractivity contribution in [1.29, 1.82) is 0 Å². The summed E-state index contributed by atoms with van der Waals surface area (Å²) in [4.78, 5) is 8.59. The van der Waals surface area contributed by atoms with Crippen LogP contribution in [0, 0.1) is 13.8 Å². The molecule has 0 aliphatic heterocycles. The van der Waals surface area contributed by atoms with Crippen molar-refractivity contribution in [3.63, 3.8) is 0 Å². The molecule has 0 fully saturated rings. The van der Waals surface area contributed by atoms with Crippen molar-refractivity contribution in [2.45, 2.75) is 33.8 Å². The number of nitrogens with zero attached hydrogens (tertiary/aromatic N) is 2. The molecule has 2 aromatic rings. The molecule has 1 aromatic heterocycles. The Morgan fingerprint density at radius 3 is 2.50 bits per heavy atom. The lowest BCUT2D eigenvalue weighted by Gasteiger charge is -2.15. The van der Waals surface area contributed by atoms with Crippen LogP contribution < -0.4 is 10.1 Å². The van der Waals surface area contributed by atoms with E-state index in [1.54, 1.807) is 6.33 Å². The van der Waals surface area contributed by atoms with E-state index in [2.05, 4.69) is 34.3 Å². The second-order valence-corrected chi connectivity index (χ2v) is 5.08. The summed E-state index contributed by atoms with van der Waals surface area (Å²) in [6.45, 7) is 8.12. The van der Waals surface area contributed by atoms with Gasteiger partial charge in [-0.3, -0.25) is 0 Å². The van der Waals surface area contributed by atoms with Crippen molar-refractivity contribution in [3.05, 3.63) is 35.8 Å². The van der Waals surface area contributed by atoms with E-state index < -0.39 is 0 Å². The predicted molar refractivity (Wildman–Crippen MR) is 82.3 cm³/mol. The summed E-state index contributed by atoms with van der Waals surface area (Å²) in [6.07, 6.45) is 1.76. The van der Waals surface area contributed by atoms with Crippen molar-refractivity contribution in [2.24, 2.45) is 0 Å². The third-order valence-electron chi connectivity index (χ3n) is 3.11. The Bertz CT molecular complexity index is 609. The van der Waals surface area contributed by atoms with E-state index in [1.165, 1.54) is 0 Å². The molecule has 4 nitrogen and oxygen atoms in total. The fourth-order valence-corrected chi connectivity index (χ4v) is 2.25. The van der Waals surface area contributed by atoms with Gasteiger partial charge in [0.2, 0.25) is 0 Å². The summed E-state index contributed by atoms with van der Waals surface area (Å²) in [5, 5.41) is 3.13. The van der Waals surface area contributed by atoms with E-state index in [-0.39, 0.29) is 6.10 Å². The van der Waals surface area contributed by atoms with Crippen LogP contribution in [-0.4, -0.2) is 23.1 Å². The van der Waals surface area contributed by atoms with Crippen molar-refractivity contribution < 1.29 is 4.74 Å². The minimum atomic E-state index is 0.176. The van der Waals surface area contributed by atoms with Gasteiger partial charge in [-0.2, -0.15) is 0 Å². The van der Waals surface area contributed by atoms with Crippen molar-refractivity contribution >= 4 is 5.82 Å². The molecule has 0 spiro atoms. The summed E-state index contributed by atoms with van der Waals surface area (Å²) in [5.74, 6) is 1.74. The van der Waals surface area contributed by atoms with Crippen molar-refractivity contribution in [3.8, 4) is 16.9 Å². The van der Waals surface area contributed by atoms with Crippen LogP contribution in [0.1, 0.15) is 25.1 Å². The molecule has 0 saturated carbocycles. The molecule has 0 atom stereocenters. The number of hydrogen-bond acceptors (Lipinski definition) is 4. The van der Waals surface area contributed by atoms with Crippen LogP contribution in [0.2, 0.25) is 0 Å². The van der Waals surface area contributed by atoms with Crippen LogP contribution >= 0.6 is 0 Å². The van der Waals surface area contributed by atoms with Crippen LogP contribution in [0.25, 0.3) is 11.1 Å². The first kappa shape index (κ1) is 14.3. The Kier molecular flexibility index (Phi) is 4.23. The minimum Gasteiger partial charge on any atom is -0.491 e. The van der Waals surface area contributed by atoms with Crippen molar-refractivity contribution in [2.75, 3.05) is 12.4 Å². The van der Waals surface area contributed by atoms with Crippen molar-refractivity contribution in [1.82, 2.24) is 9.97 Å². The van der Waals surface area contributed by atoms with Gasteiger partial charge in [0.1, 0.15) is 17.9 Å². The number of benzene rings is 1. The van der Waals surface area contributed by atoms with Crippen LogP contribution in [0.4, 0.5) is 5.82 Å². The van der Waals surface area contributed by atoms with E-state index in [0.717, 1.165) is 34.0 Å². The lowest BCUT2D eigenvalue weighted by atomic mass is 9.99. The molecule has 0 aliphatic carbocycles. The standard InChI is InChI=1S/C16H21N3O/c1-10(2)20-13-6-7-14(11(3)8-13)15-12(4)18-9-19-16(15)17-5/h6-10H,1-5H3,(H,17,18,19). The van der Waals surface area contributed by atoms with Gasteiger partial charge in [0, 0.05) is 12.6 Å². The Morgan fingerprint density at radius 2 is 1.90 bits per heavy atom. The third-order valence-corrected chi connectivity index (χ3v) is 3.11. The molecule has 106 valence electrons. The SMILES string of the molecule is CNc1ncnc(C)c1-c1ccc(OC(C)C)cc1C. The molecule has 0 radical (unpaired) electrons. The van der Waals surface area contributed by atoms with Gasteiger partial charge in [-0.15, -0.1) is 0 Å². The molecule has 2 rings (SSSR count). The first-order valence-corrected chi connectivity index (χ1v) is 6.80. The number of anilines is 1. The quantitative estimate of drug-likeness (QED) is 0.923. The molecular weight excluding hydrogens is 250 g/mol. The molecule has 1 N–H and O–H groups in total. The topological polar surface area (TPSA) is 47.0 Å². The number of hydrogen-bond donors (Lipinski definition) is 1. The largest absolute Gasteiger partial charge is 0.491 e. The number of ether oxygens (including phenoxy) is 1. The van der Waals surface area contributed by atoms with Gasteiger partial charge in [0.25, 0.3) is 0 Å². The van der Waals surface area contributed by atoms with Gasteiger partial charge in [-0.25, -0.2) is 9.97 Å². The highest BCUT2D eigenvalue weighted by Crippen LogP contribution is 2.32. The first-order valence-electron chi connectivity index (χ1n) is 6.80. The fourth-order valence-electron chi connectivity index (χ4n) is 2.25. The highest BCUT2D eigenvalue weighted by molar-refractivity contribution is 5.79. The van der Waals surface area contributed by atoms with Crippen LogP contribution in [0.3, 0.4) is 0 Å². The van der Waals surface area contributed by atoms with Crippen LogP contribution in [-0.2, 0) is 0 Å². The number of nitrogens with one attached hydrogen (secondary N) is 1. The molecule has 1 heterocycles. The Labute approximate surface area is 120 Å². The lowest BCUT2D eigenvalue weighted by molar-refractivity contribution is 0.242. The molecule has 0 aliphatic rings. The third kappa shape index (κ3) is 2.90. The van der Waals surface area contributed by atoms with Gasteiger partial charge >= 0.3 is 0 Å². The highest BCUT2D eigenvalue weighted by Gasteiger charge is 2.13. The molecule has 0 unspecified atom stereocenters. The van der Waals surface area contributed by atoms with E-state index in [1.807, 2.05) is 33.9 Å². The van der Waals surface area contributed by atoms with Crippen LogP contribution in [0.5, 0.6) is 5.75 Å². The molecule has 0 bridgehead atoms. The average Bonchev–Trinajstić information content (AvgIpc) is 2.39. The summed E-state index contributed by atoms with van der Waals surface area (Å²) in [7, 11) is 1.87. The maximum absolute atomic E-state index is 5.73. The maximum atomic E-state index is 5.73. The zero-order valence-corrected chi connectivity index (χ0v) is 12.7. The predicted octanol–water partition coefficient (Wildman–Crippen LogP) is 3.59. The summed E-state index contributed by atoms with van der Waals surface area (Å²) >= 11 is 0. The molecule has 20 heavy (non-hydrogen) atoms. The Hall–Kier alpha value is -2.10. The van der Waals surface area contributed by atoms with Crippen LogP contribution in [0.15, 0.2) is 24.5 Å². The highest BCUT2D eigenvalue weighted by atomic mass is 16.5. The van der Waals surface area contributed by atoms with Gasteiger partial charge < -0.3 is 10.1 Å². The van der Waals surface area contributed by atoms with E-state index in [4.69, 9.17) is 4.74 Å². The second-order valence-electron chi connectivity index (χ2n) is 5.08. The smallest absolute Gasteiger partial charge is 0.137 e. The zero-order valence-electron chi connectivity index (χ0n) is 12.7. The van der Waals surface area contributed by atoms with Gasteiger partial charge in [-0.05, 0) is 51.0 Å². The van der Waals surface area contributed by atoms with E-state index >= 15 is 0 Å². The van der Waals surface area contributed by atoms with E-state index in [9.17, 15) is 0 Å². The molecular formula is C16H21N3O. The molecule has 4 heteroatoms. The molecule has 0 saturated heterocycles. The van der Waals surface area contributed by atoms with Gasteiger partial charge in [-0.1, -0.05) is 6.07 Å². The number of rotatable bonds is 4. The normalized spacial score (nSPS) is 10.7. The number of aryl methyl sites for hydroxylation is 2. The first-order chi connectivity index (χ1) is 9.52. The molecule has 0 amide bonds. The minimum absolute atomic E-state index is 0.176. The van der Waals surface area contributed by atoms with E-state index in [0.29, 0.717) is 0 Å². The zero-order chi connectivity index (χ0) is 14.7. The Morgan fingerprint density at radius 1 is 1.15 bits per heavy atom. The van der Waals surface area contributed by atoms with Gasteiger partial charge in [0.15, 0.2) is 0 Å². The second kappa shape index (κ2) is 5.90. The molecule has 1 aromatic carbocycles. The summed E-state index contributed by atoms with van der Waals surface area (Å²) in [5.41, 5.74) is 4.29. The lowest BCUT2D eigenvalue weighted by Crippen LogP contribution is -2.06. The monoisotopic (exact) mass is 271 g/mol.